The van der Waals surface area contributed by atoms with Crippen LogP contribution >= 0.6 is 23.1 Å². The first-order valence-corrected chi connectivity index (χ1v) is 7.09. The summed E-state index contributed by atoms with van der Waals surface area (Å²) in [5, 5.41) is 0. The van der Waals surface area contributed by atoms with Crippen LogP contribution in [0.5, 0.6) is 0 Å². The zero-order chi connectivity index (χ0) is 11.4. The topological polar surface area (TPSA) is 64.7 Å². The van der Waals surface area contributed by atoms with Gasteiger partial charge in [0.05, 0.1) is 6.20 Å². The highest BCUT2D eigenvalue weighted by Crippen LogP contribution is 2.27. The van der Waals surface area contributed by atoms with E-state index in [1.807, 2.05) is 6.20 Å². The van der Waals surface area contributed by atoms with Gasteiger partial charge >= 0.3 is 0 Å². The number of rotatable bonds is 5. The molecule has 0 saturated heterocycles. The largest absolute Gasteiger partial charge is 0.330 e. The van der Waals surface area contributed by atoms with E-state index in [2.05, 4.69) is 21.9 Å². The molecule has 2 rings (SSSR count). The summed E-state index contributed by atoms with van der Waals surface area (Å²) in [4.78, 5) is 14.2. The van der Waals surface area contributed by atoms with Gasteiger partial charge in [-0.05, 0) is 18.7 Å². The second-order valence-corrected chi connectivity index (χ2v) is 5.77. The minimum absolute atomic E-state index is 0.682. The van der Waals surface area contributed by atoms with Crippen LogP contribution in [0, 0.1) is 0 Å². The van der Waals surface area contributed by atoms with E-state index < -0.39 is 0 Å². The molecule has 0 aliphatic carbocycles. The Morgan fingerprint density at radius 1 is 1.44 bits per heavy atom. The Hall–Kier alpha value is -0.720. The van der Waals surface area contributed by atoms with E-state index in [1.54, 1.807) is 23.1 Å². The number of fused-ring (bicyclic) bond motifs is 1. The van der Waals surface area contributed by atoms with Gasteiger partial charge in [-0.3, -0.25) is 0 Å². The summed E-state index contributed by atoms with van der Waals surface area (Å²) in [7, 11) is 0. The SMILES string of the molecule is CCSc1nc2cnc(CCCN)nc2s1. The van der Waals surface area contributed by atoms with Crippen molar-refractivity contribution in [2.45, 2.75) is 24.1 Å². The maximum atomic E-state index is 5.46. The van der Waals surface area contributed by atoms with Gasteiger partial charge < -0.3 is 5.73 Å². The molecule has 0 fully saturated rings. The predicted molar refractivity (Wildman–Crippen MR) is 69.0 cm³/mol. The molecule has 0 amide bonds. The van der Waals surface area contributed by atoms with Crippen molar-refractivity contribution in [3.63, 3.8) is 0 Å². The van der Waals surface area contributed by atoms with E-state index >= 15 is 0 Å². The molecule has 0 radical (unpaired) electrons. The molecule has 0 bridgehead atoms. The van der Waals surface area contributed by atoms with Gasteiger partial charge in [-0.1, -0.05) is 30.0 Å². The molecule has 0 aliphatic heterocycles. The van der Waals surface area contributed by atoms with Crippen molar-refractivity contribution in [2.24, 2.45) is 5.73 Å². The fourth-order valence-corrected chi connectivity index (χ4v) is 3.21. The molecule has 2 aromatic heterocycles. The van der Waals surface area contributed by atoms with Crippen molar-refractivity contribution >= 4 is 33.4 Å². The maximum absolute atomic E-state index is 5.46. The van der Waals surface area contributed by atoms with Crippen LogP contribution in [-0.2, 0) is 6.42 Å². The van der Waals surface area contributed by atoms with Gasteiger partial charge in [-0.25, -0.2) is 15.0 Å². The predicted octanol–water partition coefficient (Wildman–Crippen LogP) is 2.09. The third-order valence-electron chi connectivity index (χ3n) is 2.05. The van der Waals surface area contributed by atoms with Gasteiger partial charge in [0.2, 0.25) is 0 Å². The first kappa shape index (κ1) is 11.8. The second kappa shape index (κ2) is 5.56. The van der Waals surface area contributed by atoms with Crippen LogP contribution in [-0.4, -0.2) is 27.2 Å². The quantitative estimate of drug-likeness (QED) is 0.828. The van der Waals surface area contributed by atoms with Gasteiger partial charge in [0.15, 0.2) is 4.34 Å². The Balaban J connectivity index is 2.23. The Morgan fingerprint density at radius 3 is 3.06 bits per heavy atom. The Morgan fingerprint density at radius 2 is 2.31 bits per heavy atom. The molecule has 6 heteroatoms. The average molecular weight is 254 g/mol. The van der Waals surface area contributed by atoms with Gasteiger partial charge in [0, 0.05) is 6.42 Å². The van der Waals surface area contributed by atoms with E-state index in [4.69, 9.17) is 5.73 Å². The normalized spacial score (nSPS) is 11.1. The number of aryl methyl sites for hydroxylation is 1. The van der Waals surface area contributed by atoms with Crippen LogP contribution in [0.25, 0.3) is 10.3 Å². The highest BCUT2D eigenvalue weighted by molar-refractivity contribution is 8.01. The van der Waals surface area contributed by atoms with Crippen LogP contribution < -0.4 is 5.73 Å². The molecule has 2 heterocycles. The lowest BCUT2D eigenvalue weighted by atomic mass is 10.3. The highest BCUT2D eigenvalue weighted by atomic mass is 32.2. The third kappa shape index (κ3) is 2.69. The van der Waals surface area contributed by atoms with E-state index in [0.717, 1.165) is 39.1 Å². The van der Waals surface area contributed by atoms with Crippen molar-refractivity contribution in [3.8, 4) is 0 Å². The summed E-state index contributed by atoms with van der Waals surface area (Å²) in [6.07, 6.45) is 3.59. The first-order chi connectivity index (χ1) is 7.83. The summed E-state index contributed by atoms with van der Waals surface area (Å²) in [6, 6.07) is 0. The van der Waals surface area contributed by atoms with Crippen LogP contribution in [0.3, 0.4) is 0 Å². The Kier molecular flexibility index (Phi) is 4.09. The van der Waals surface area contributed by atoms with Gasteiger partial charge in [0.25, 0.3) is 0 Å². The van der Waals surface area contributed by atoms with Crippen molar-refractivity contribution in [2.75, 3.05) is 12.3 Å². The van der Waals surface area contributed by atoms with E-state index in [0.29, 0.717) is 6.54 Å². The number of nitrogens with zero attached hydrogens (tertiary/aromatic N) is 3. The lowest BCUT2D eigenvalue weighted by Gasteiger charge is -1.96. The van der Waals surface area contributed by atoms with Gasteiger partial charge in [-0.2, -0.15) is 0 Å². The van der Waals surface area contributed by atoms with E-state index in [9.17, 15) is 0 Å². The number of aromatic nitrogens is 3. The summed E-state index contributed by atoms with van der Waals surface area (Å²) < 4.78 is 1.07. The summed E-state index contributed by atoms with van der Waals surface area (Å²) in [6.45, 7) is 2.80. The molecule has 0 saturated carbocycles. The molecule has 16 heavy (non-hydrogen) atoms. The first-order valence-electron chi connectivity index (χ1n) is 5.28. The standard InChI is InChI=1S/C10H14N4S2/c1-2-15-10-13-7-6-12-8(4-3-5-11)14-9(7)16-10/h6H,2-5,11H2,1H3. The number of thioether (sulfide) groups is 1. The second-order valence-electron chi connectivity index (χ2n) is 3.28. The van der Waals surface area contributed by atoms with Crippen LogP contribution in [0.1, 0.15) is 19.2 Å². The lowest BCUT2D eigenvalue weighted by Crippen LogP contribution is -2.02. The van der Waals surface area contributed by atoms with Crippen LogP contribution in [0.15, 0.2) is 10.5 Å². The zero-order valence-electron chi connectivity index (χ0n) is 9.14. The average Bonchev–Trinajstić information content (AvgIpc) is 2.68. The van der Waals surface area contributed by atoms with Crippen molar-refractivity contribution in [3.05, 3.63) is 12.0 Å². The lowest BCUT2D eigenvalue weighted by molar-refractivity contribution is 0.787. The fraction of sp³-hybridized carbons (Fsp3) is 0.500. The monoisotopic (exact) mass is 254 g/mol. The number of thiazole rings is 1. The maximum Gasteiger partial charge on any atom is 0.152 e. The summed E-state index contributed by atoms with van der Waals surface area (Å²) in [5.74, 6) is 1.91. The summed E-state index contributed by atoms with van der Waals surface area (Å²) in [5.41, 5.74) is 6.36. The highest BCUT2D eigenvalue weighted by Gasteiger charge is 2.06. The van der Waals surface area contributed by atoms with Crippen molar-refractivity contribution < 1.29 is 0 Å². The number of nitrogens with two attached hydrogens (primary N) is 1. The minimum Gasteiger partial charge on any atom is -0.330 e. The van der Waals surface area contributed by atoms with Crippen LogP contribution in [0.4, 0.5) is 0 Å². The summed E-state index contributed by atoms with van der Waals surface area (Å²) >= 11 is 3.38. The molecule has 0 unspecified atom stereocenters. The smallest absolute Gasteiger partial charge is 0.152 e. The molecule has 2 N–H and O–H groups in total. The molecule has 0 spiro atoms. The van der Waals surface area contributed by atoms with Crippen molar-refractivity contribution in [1.29, 1.82) is 0 Å². The molecule has 2 aromatic rings. The van der Waals surface area contributed by atoms with Crippen molar-refractivity contribution in [1.82, 2.24) is 15.0 Å². The molecule has 4 nitrogen and oxygen atoms in total. The molecule has 0 aromatic carbocycles. The van der Waals surface area contributed by atoms with E-state index in [1.165, 1.54) is 0 Å². The Labute approximate surface area is 103 Å². The molecular weight excluding hydrogens is 240 g/mol. The fourth-order valence-electron chi connectivity index (χ4n) is 1.32. The molecule has 86 valence electrons. The Bertz CT molecular complexity index is 469. The zero-order valence-corrected chi connectivity index (χ0v) is 10.8. The minimum atomic E-state index is 0.682. The molecular formula is C10H14N4S2. The number of hydrogen-bond donors (Lipinski definition) is 1. The van der Waals surface area contributed by atoms with E-state index in [-0.39, 0.29) is 0 Å². The molecule has 0 atom stereocenters. The molecule has 0 aliphatic rings. The third-order valence-corrected chi connectivity index (χ3v) is 4.04. The van der Waals surface area contributed by atoms with Gasteiger partial charge in [0.1, 0.15) is 16.2 Å². The van der Waals surface area contributed by atoms with Crippen LogP contribution in [0.2, 0.25) is 0 Å². The number of hydrogen-bond acceptors (Lipinski definition) is 6. The van der Waals surface area contributed by atoms with Gasteiger partial charge in [-0.15, -0.1) is 0 Å².